The molecule has 0 aliphatic carbocycles. The maximum Gasteiger partial charge on any atom is 0.313 e. The Kier molecular flexibility index (Phi) is 7.18. The van der Waals surface area contributed by atoms with E-state index < -0.39 is 11.8 Å². The molecule has 0 radical (unpaired) electrons. The van der Waals surface area contributed by atoms with Gasteiger partial charge in [-0.15, -0.1) is 0 Å². The van der Waals surface area contributed by atoms with Gasteiger partial charge in [0.2, 0.25) is 0 Å². The first-order valence-electron chi connectivity index (χ1n) is 8.76. The van der Waals surface area contributed by atoms with E-state index in [4.69, 9.17) is 0 Å². The molecule has 24 heavy (non-hydrogen) atoms. The molecular formula is C18H28N4O2. The van der Waals surface area contributed by atoms with Gasteiger partial charge in [0.25, 0.3) is 0 Å². The zero-order valence-electron chi connectivity index (χ0n) is 14.6. The molecule has 2 amide bonds. The second kappa shape index (κ2) is 9.37. The number of carbonyl (C=O) groups is 2. The number of carbonyl (C=O) groups excluding carboxylic acids is 2. The fourth-order valence-electron chi connectivity index (χ4n) is 3.34. The van der Waals surface area contributed by atoms with Crippen molar-refractivity contribution in [2.75, 3.05) is 31.5 Å². The van der Waals surface area contributed by atoms with Crippen molar-refractivity contribution in [3.8, 4) is 0 Å². The van der Waals surface area contributed by atoms with Gasteiger partial charge in [0.05, 0.1) is 11.9 Å². The summed E-state index contributed by atoms with van der Waals surface area (Å²) in [7, 11) is 0. The number of pyridine rings is 1. The molecule has 1 saturated heterocycles. The highest BCUT2D eigenvalue weighted by Gasteiger charge is 2.21. The molecule has 1 aromatic rings. The number of rotatable bonds is 6. The van der Waals surface area contributed by atoms with Crippen LogP contribution in [0, 0.1) is 11.8 Å². The minimum atomic E-state index is -0.651. The molecule has 0 aromatic carbocycles. The third kappa shape index (κ3) is 6.28. The Labute approximate surface area is 144 Å². The molecule has 6 heteroatoms. The Morgan fingerprint density at radius 3 is 2.62 bits per heavy atom. The van der Waals surface area contributed by atoms with Crippen molar-refractivity contribution in [1.29, 1.82) is 0 Å². The van der Waals surface area contributed by atoms with E-state index in [0.717, 1.165) is 31.2 Å². The van der Waals surface area contributed by atoms with Crippen LogP contribution < -0.4 is 10.6 Å². The Bertz CT molecular complexity index is 525. The number of aromatic nitrogens is 1. The molecule has 2 heterocycles. The summed E-state index contributed by atoms with van der Waals surface area (Å²) in [5, 5.41) is 5.19. The van der Waals surface area contributed by atoms with Gasteiger partial charge in [-0.2, -0.15) is 0 Å². The van der Waals surface area contributed by atoms with Crippen molar-refractivity contribution in [2.24, 2.45) is 11.8 Å². The number of nitrogens with zero attached hydrogens (tertiary/aromatic N) is 2. The van der Waals surface area contributed by atoms with E-state index in [1.54, 1.807) is 18.3 Å². The Morgan fingerprint density at radius 1 is 1.21 bits per heavy atom. The monoisotopic (exact) mass is 332 g/mol. The minimum Gasteiger partial charge on any atom is -0.348 e. The standard InChI is InChI=1S/C18H28N4O2/c1-14-10-15(2)13-22(12-14)9-4-3-8-20-17(23)18(24)21-16-6-5-7-19-11-16/h5-7,11,14-15H,3-4,8-10,12-13H2,1-2H3,(H,20,23)(H,21,24). The van der Waals surface area contributed by atoms with Gasteiger partial charge in [0.1, 0.15) is 0 Å². The zero-order valence-corrected chi connectivity index (χ0v) is 14.6. The van der Waals surface area contributed by atoms with Gasteiger partial charge >= 0.3 is 11.8 Å². The molecule has 1 aliphatic rings. The van der Waals surface area contributed by atoms with E-state index in [2.05, 4.69) is 34.4 Å². The fourth-order valence-corrected chi connectivity index (χ4v) is 3.34. The second-order valence-electron chi connectivity index (χ2n) is 6.86. The van der Waals surface area contributed by atoms with Gasteiger partial charge in [-0.25, -0.2) is 0 Å². The van der Waals surface area contributed by atoms with Crippen LogP contribution in [-0.2, 0) is 9.59 Å². The van der Waals surface area contributed by atoms with Crippen molar-refractivity contribution in [2.45, 2.75) is 33.1 Å². The number of hydrogen-bond donors (Lipinski definition) is 2. The molecule has 6 nitrogen and oxygen atoms in total. The first kappa shape index (κ1) is 18.4. The topological polar surface area (TPSA) is 74.3 Å². The lowest BCUT2D eigenvalue weighted by Gasteiger charge is -2.34. The highest BCUT2D eigenvalue weighted by molar-refractivity contribution is 6.39. The Hall–Kier alpha value is -1.95. The molecular weight excluding hydrogens is 304 g/mol. The summed E-state index contributed by atoms with van der Waals surface area (Å²) < 4.78 is 0. The van der Waals surface area contributed by atoms with Gasteiger partial charge in [-0.05, 0) is 49.8 Å². The fraction of sp³-hybridized carbons (Fsp3) is 0.611. The molecule has 132 valence electrons. The molecule has 1 aliphatic heterocycles. The summed E-state index contributed by atoms with van der Waals surface area (Å²) in [6, 6.07) is 3.40. The number of hydrogen-bond acceptors (Lipinski definition) is 4. The zero-order chi connectivity index (χ0) is 17.4. The molecule has 2 N–H and O–H groups in total. The summed E-state index contributed by atoms with van der Waals surface area (Å²) in [6.07, 6.45) is 6.35. The Morgan fingerprint density at radius 2 is 1.96 bits per heavy atom. The van der Waals surface area contributed by atoms with Crippen LogP contribution in [0.1, 0.15) is 33.1 Å². The van der Waals surface area contributed by atoms with Gasteiger partial charge in [0, 0.05) is 25.8 Å². The summed E-state index contributed by atoms with van der Waals surface area (Å²) in [6.45, 7) is 8.55. The van der Waals surface area contributed by atoms with Crippen LogP contribution in [0.4, 0.5) is 5.69 Å². The van der Waals surface area contributed by atoms with Crippen LogP contribution in [0.15, 0.2) is 24.5 Å². The van der Waals surface area contributed by atoms with Gasteiger partial charge < -0.3 is 15.5 Å². The van der Waals surface area contributed by atoms with E-state index in [9.17, 15) is 9.59 Å². The molecule has 0 saturated carbocycles. The van der Waals surface area contributed by atoms with E-state index in [0.29, 0.717) is 12.2 Å². The minimum absolute atomic E-state index is 0.519. The predicted molar refractivity (Wildman–Crippen MR) is 94.5 cm³/mol. The molecule has 1 aromatic heterocycles. The number of amides is 2. The number of likely N-dealkylation sites (tertiary alicyclic amines) is 1. The van der Waals surface area contributed by atoms with Crippen LogP contribution >= 0.6 is 0 Å². The second-order valence-corrected chi connectivity index (χ2v) is 6.86. The number of piperidine rings is 1. The molecule has 2 atom stereocenters. The van der Waals surface area contributed by atoms with Crippen molar-refractivity contribution < 1.29 is 9.59 Å². The third-order valence-corrected chi connectivity index (χ3v) is 4.26. The van der Waals surface area contributed by atoms with Crippen LogP contribution in [0.5, 0.6) is 0 Å². The van der Waals surface area contributed by atoms with Gasteiger partial charge in [-0.1, -0.05) is 13.8 Å². The summed E-state index contributed by atoms with van der Waals surface area (Å²) in [4.78, 5) is 29.9. The highest BCUT2D eigenvalue weighted by Crippen LogP contribution is 2.20. The van der Waals surface area contributed by atoms with Crippen LogP contribution in [0.3, 0.4) is 0 Å². The van der Waals surface area contributed by atoms with Crippen molar-refractivity contribution >= 4 is 17.5 Å². The quantitative estimate of drug-likeness (QED) is 0.616. The molecule has 2 rings (SSSR count). The summed E-state index contributed by atoms with van der Waals surface area (Å²) >= 11 is 0. The number of anilines is 1. The van der Waals surface area contributed by atoms with E-state index in [1.807, 2.05) is 0 Å². The number of unbranched alkanes of at least 4 members (excludes halogenated alkanes) is 1. The van der Waals surface area contributed by atoms with Gasteiger partial charge in [0.15, 0.2) is 0 Å². The lowest BCUT2D eigenvalue weighted by molar-refractivity contribution is -0.136. The largest absolute Gasteiger partial charge is 0.348 e. The average Bonchev–Trinajstić information content (AvgIpc) is 2.54. The van der Waals surface area contributed by atoms with Gasteiger partial charge in [-0.3, -0.25) is 14.6 Å². The van der Waals surface area contributed by atoms with Crippen molar-refractivity contribution in [3.63, 3.8) is 0 Å². The van der Waals surface area contributed by atoms with Crippen molar-refractivity contribution in [1.82, 2.24) is 15.2 Å². The Balaban J connectivity index is 1.58. The van der Waals surface area contributed by atoms with Crippen molar-refractivity contribution in [3.05, 3.63) is 24.5 Å². The summed E-state index contributed by atoms with van der Waals surface area (Å²) in [5.74, 6) is 0.287. The summed E-state index contributed by atoms with van der Waals surface area (Å²) in [5.41, 5.74) is 0.519. The SMILES string of the molecule is CC1CC(C)CN(CCCCNC(=O)C(=O)Nc2cccnc2)C1. The normalized spacial score (nSPS) is 21.2. The highest BCUT2D eigenvalue weighted by atomic mass is 16.2. The van der Waals surface area contributed by atoms with E-state index in [-0.39, 0.29) is 0 Å². The van der Waals surface area contributed by atoms with Crippen LogP contribution in [-0.4, -0.2) is 47.9 Å². The third-order valence-electron chi connectivity index (χ3n) is 4.26. The molecule has 2 unspecified atom stereocenters. The molecule has 0 bridgehead atoms. The van der Waals surface area contributed by atoms with E-state index in [1.165, 1.54) is 25.7 Å². The van der Waals surface area contributed by atoms with E-state index >= 15 is 0 Å². The molecule has 0 spiro atoms. The predicted octanol–water partition coefficient (Wildman–Crippen LogP) is 1.89. The number of nitrogens with one attached hydrogen (secondary N) is 2. The average molecular weight is 332 g/mol. The first-order chi connectivity index (χ1) is 11.5. The maximum absolute atomic E-state index is 11.7. The van der Waals surface area contributed by atoms with Crippen LogP contribution in [0.25, 0.3) is 0 Å². The maximum atomic E-state index is 11.7. The lowest BCUT2D eigenvalue weighted by atomic mass is 9.92. The molecule has 1 fully saturated rings. The van der Waals surface area contributed by atoms with Crippen LogP contribution in [0.2, 0.25) is 0 Å². The smallest absolute Gasteiger partial charge is 0.313 e. The first-order valence-corrected chi connectivity index (χ1v) is 8.76. The lowest BCUT2D eigenvalue weighted by Crippen LogP contribution is -2.39.